The van der Waals surface area contributed by atoms with Crippen LogP contribution in [0.5, 0.6) is 5.88 Å². The van der Waals surface area contributed by atoms with Crippen LogP contribution in [0.1, 0.15) is 55.6 Å². The Morgan fingerprint density at radius 1 is 0.975 bits per heavy atom. The molecule has 0 saturated carbocycles. The van der Waals surface area contributed by atoms with E-state index in [9.17, 15) is 9.59 Å². The predicted octanol–water partition coefficient (Wildman–Crippen LogP) is 4.99. The van der Waals surface area contributed by atoms with Crippen molar-refractivity contribution in [2.24, 2.45) is 0 Å². The Hall–Kier alpha value is -2.55. The Morgan fingerprint density at radius 3 is 2.42 bits per heavy atom. The molecule has 1 aromatic carbocycles. The minimum absolute atomic E-state index is 0.0784. The first-order valence-corrected chi connectivity index (χ1v) is 15.3. The van der Waals surface area contributed by atoms with Crippen LogP contribution < -0.4 is 10.1 Å². The number of aromatic nitrogens is 1. The first-order valence-electron chi connectivity index (χ1n) is 14.6. The molecule has 1 N–H and O–H groups in total. The van der Waals surface area contributed by atoms with Gasteiger partial charge in [0.1, 0.15) is 12.6 Å². The number of pyridine rings is 1. The number of carbonyl (C=O) groups is 2. The first-order chi connectivity index (χ1) is 19.5. The van der Waals surface area contributed by atoms with E-state index >= 15 is 0 Å². The molecule has 0 aliphatic carbocycles. The van der Waals surface area contributed by atoms with Crippen molar-refractivity contribution < 1.29 is 14.3 Å². The third-order valence-electron chi connectivity index (χ3n) is 8.32. The zero-order chi connectivity index (χ0) is 27.9. The fourth-order valence-electron chi connectivity index (χ4n) is 6.01. The summed E-state index contributed by atoms with van der Waals surface area (Å²) in [5.41, 5.74) is 1.90. The fourth-order valence-corrected chi connectivity index (χ4v) is 6.50. The highest BCUT2D eigenvalue weighted by molar-refractivity contribution is 6.35. The van der Waals surface area contributed by atoms with E-state index in [0.29, 0.717) is 55.1 Å². The van der Waals surface area contributed by atoms with Gasteiger partial charge in [-0.2, -0.15) is 0 Å². The largest absolute Gasteiger partial charge is 0.476 e. The van der Waals surface area contributed by atoms with E-state index in [-0.39, 0.29) is 17.9 Å². The number of urea groups is 1. The van der Waals surface area contributed by atoms with Gasteiger partial charge < -0.3 is 19.9 Å². The van der Waals surface area contributed by atoms with Crippen molar-refractivity contribution in [2.45, 2.75) is 56.9 Å². The van der Waals surface area contributed by atoms with Crippen LogP contribution >= 0.6 is 23.2 Å². The summed E-state index contributed by atoms with van der Waals surface area (Å²) in [5.74, 6) is 0.896. The van der Waals surface area contributed by atoms with Gasteiger partial charge in [-0.05, 0) is 81.3 Å². The SMILES string of the molecule is O=C(N[C@H](Cc1ccc(Cl)cc1Cl)C(=O)N1CCC(c2cccnc2OCCN2CCCC2)CC1)N1CCCC1. The van der Waals surface area contributed by atoms with Gasteiger partial charge in [0.15, 0.2) is 0 Å². The molecule has 1 aromatic heterocycles. The molecule has 216 valence electrons. The van der Waals surface area contributed by atoms with Crippen molar-refractivity contribution in [3.63, 3.8) is 0 Å². The standard InChI is InChI=1S/C30H39Cl2N5O3/c31-24-8-7-23(26(32)21-24)20-27(34-30(39)37-14-3-4-15-37)29(38)36-16-9-22(10-17-36)25-6-5-11-33-28(25)40-19-18-35-12-1-2-13-35/h5-8,11,21-22,27H,1-4,9-10,12-20H2,(H,34,39)/t27-/m1/s1. The van der Waals surface area contributed by atoms with Crippen molar-refractivity contribution in [2.75, 3.05) is 52.4 Å². The van der Waals surface area contributed by atoms with Crippen molar-refractivity contribution in [3.05, 3.63) is 57.7 Å². The number of hydrogen-bond acceptors (Lipinski definition) is 5. The zero-order valence-corrected chi connectivity index (χ0v) is 24.5. The molecular formula is C30H39Cl2N5O3. The highest BCUT2D eigenvalue weighted by atomic mass is 35.5. The third kappa shape index (κ3) is 7.39. The van der Waals surface area contributed by atoms with E-state index in [1.807, 2.05) is 17.0 Å². The molecule has 1 atom stereocenters. The van der Waals surface area contributed by atoms with E-state index in [4.69, 9.17) is 27.9 Å². The summed E-state index contributed by atoms with van der Waals surface area (Å²) >= 11 is 12.5. The Morgan fingerprint density at radius 2 is 1.70 bits per heavy atom. The lowest BCUT2D eigenvalue weighted by Gasteiger charge is -2.35. The second-order valence-corrected chi connectivity index (χ2v) is 11.9. The molecular weight excluding hydrogens is 549 g/mol. The molecule has 0 unspecified atom stereocenters. The molecule has 3 saturated heterocycles. The average molecular weight is 589 g/mol. The summed E-state index contributed by atoms with van der Waals surface area (Å²) < 4.78 is 6.14. The van der Waals surface area contributed by atoms with Gasteiger partial charge in [0.05, 0.1) is 0 Å². The monoisotopic (exact) mass is 587 g/mol. The Balaban J connectivity index is 1.21. The van der Waals surface area contributed by atoms with Crippen molar-refractivity contribution >= 4 is 35.1 Å². The molecule has 5 rings (SSSR count). The number of ether oxygens (including phenoxy) is 1. The van der Waals surface area contributed by atoms with E-state index in [0.717, 1.165) is 56.4 Å². The third-order valence-corrected chi connectivity index (χ3v) is 8.91. The van der Waals surface area contributed by atoms with Gasteiger partial charge in [-0.15, -0.1) is 0 Å². The normalized spacial score (nSPS) is 19.1. The number of carbonyl (C=O) groups excluding carboxylic acids is 2. The highest BCUT2D eigenvalue weighted by Crippen LogP contribution is 2.33. The quantitative estimate of drug-likeness (QED) is 0.447. The van der Waals surface area contributed by atoms with E-state index in [1.54, 1.807) is 23.2 Å². The number of nitrogens with one attached hydrogen (secondary N) is 1. The molecule has 40 heavy (non-hydrogen) atoms. The molecule has 3 fully saturated rings. The fraction of sp³-hybridized carbons (Fsp3) is 0.567. The second-order valence-electron chi connectivity index (χ2n) is 11.0. The van der Waals surface area contributed by atoms with Crippen LogP contribution in [0.25, 0.3) is 0 Å². The molecule has 0 spiro atoms. The lowest BCUT2D eigenvalue weighted by atomic mass is 9.89. The minimum atomic E-state index is -0.703. The molecule has 3 aliphatic heterocycles. The summed E-state index contributed by atoms with van der Waals surface area (Å²) in [5, 5.41) is 4.05. The van der Waals surface area contributed by atoms with Gasteiger partial charge in [-0.3, -0.25) is 9.69 Å². The number of benzene rings is 1. The van der Waals surface area contributed by atoms with Crippen LogP contribution in [0, 0.1) is 0 Å². The lowest BCUT2D eigenvalue weighted by molar-refractivity contribution is -0.134. The maximum Gasteiger partial charge on any atom is 0.318 e. The van der Waals surface area contributed by atoms with Crippen LogP contribution in [-0.2, 0) is 11.2 Å². The van der Waals surface area contributed by atoms with Gasteiger partial charge >= 0.3 is 6.03 Å². The Kier molecular flexibility index (Phi) is 10.0. The summed E-state index contributed by atoms with van der Waals surface area (Å²) in [6.45, 7) is 6.49. The maximum atomic E-state index is 13.8. The van der Waals surface area contributed by atoms with Crippen LogP contribution in [0.2, 0.25) is 10.0 Å². The van der Waals surface area contributed by atoms with E-state index in [1.165, 1.54) is 12.8 Å². The number of hydrogen-bond donors (Lipinski definition) is 1. The van der Waals surface area contributed by atoms with Gasteiger partial charge in [0, 0.05) is 61.0 Å². The van der Waals surface area contributed by atoms with Crippen molar-refractivity contribution in [1.29, 1.82) is 0 Å². The van der Waals surface area contributed by atoms with Crippen molar-refractivity contribution in [1.82, 2.24) is 25.0 Å². The first kappa shape index (κ1) is 29.0. The van der Waals surface area contributed by atoms with E-state index in [2.05, 4.69) is 21.3 Å². The number of piperidine rings is 1. The molecule has 3 aliphatic rings. The molecule has 0 radical (unpaired) electrons. The van der Waals surface area contributed by atoms with Gasteiger partial charge in [-0.1, -0.05) is 35.3 Å². The molecule has 0 bridgehead atoms. The van der Waals surface area contributed by atoms with Gasteiger partial charge in [-0.25, -0.2) is 9.78 Å². The summed E-state index contributed by atoms with van der Waals surface area (Å²) in [6.07, 6.45) is 8.22. The predicted molar refractivity (Wildman–Crippen MR) is 157 cm³/mol. The Labute approximate surface area is 246 Å². The van der Waals surface area contributed by atoms with Crippen LogP contribution in [0.15, 0.2) is 36.5 Å². The van der Waals surface area contributed by atoms with Crippen LogP contribution in [0.4, 0.5) is 4.79 Å². The van der Waals surface area contributed by atoms with Crippen LogP contribution in [-0.4, -0.2) is 90.1 Å². The maximum absolute atomic E-state index is 13.8. The van der Waals surface area contributed by atoms with Gasteiger partial charge in [0.25, 0.3) is 0 Å². The second kappa shape index (κ2) is 13.9. The molecule has 8 nitrogen and oxygen atoms in total. The number of halogens is 2. The van der Waals surface area contributed by atoms with Crippen LogP contribution in [0.3, 0.4) is 0 Å². The number of amides is 3. The lowest BCUT2D eigenvalue weighted by Crippen LogP contribution is -2.54. The molecule has 10 heteroatoms. The zero-order valence-electron chi connectivity index (χ0n) is 23.0. The van der Waals surface area contributed by atoms with E-state index < -0.39 is 6.04 Å². The topological polar surface area (TPSA) is 78.0 Å². The number of rotatable bonds is 9. The average Bonchev–Trinajstić information content (AvgIpc) is 3.69. The highest BCUT2D eigenvalue weighted by Gasteiger charge is 2.32. The smallest absolute Gasteiger partial charge is 0.318 e. The number of nitrogens with zero attached hydrogens (tertiary/aromatic N) is 4. The molecule has 3 amide bonds. The van der Waals surface area contributed by atoms with Gasteiger partial charge in [0.2, 0.25) is 11.8 Å². The summed E-state index contributed by atoms with van der Waals surface area (Å²) in [6, 6.07) is 8.42. The molecule has 2 aromatic rings. The molecule has 4 heterocycles. The van der Waals surface area contributed by atoms with Crippen molar-refractivity contribution in [3.8, 4) is 5.88 Å². The number of likely N-dealkylation sites (tertiary alicyclic amines) is 3. The Bertz CT molecular complexity index is 1160. The minimum Gasteiger partial charge on any atom is -0.476 e. The summed E-state index contributed by atoms with van der Waals surface area (Å²) in [4.78, 5) is 37.4. The summed E-state index contributed by atoms with van der Waals surface area (Å²) in [7, 11) is 0.